The largest absolute Gasteiger partial charge is 0.450 e. The molecule has 0 saturated carbocycles. The van der Waals surface area contributed by atoms with Crippen LogP contribution in [0.25, 0.3) is 111 Å². The average Bonchev–Trinajstić information content (AvgIpc) is 4.02. The monoisotopic (exact) mass is 710 g/mol. The highest BCUT2D eigenvalue weighted by molar-refractivity contribution is 7.00. The SMILES string of the molecule is c1ccc(-c2nc(-n3c4ccccc4c4c5nsnc5c(-c5cccc6c5c5ccccc5n6-c5ccccc5)cc43)c3oc4ccccc4c3n2)cc1. The molecule has 0 aliphatic rings. The van der Waals surface area contributed by atoms with Crippen LogP contribution in [0.4, 0.5) is 0 Å². The molecule has 5 heterocycles. The van der Waals surface area contributed by atoms with E-state index in [1.165, 1.54) is 22.5 Å². The first-order chi connectivity index (χ1) is 26.8. The predicted molar refractivity (Wildman–Crippen MR) is 220 cm³/mol. The van der Waals surface area contributed by atoms with Crippen molar-refractivity contribution in [2.24, 2.45) is 0 Å². The zero-order chi connectivity index (χ0) is 35.3. The molecule has 7 nitrogen and oxygen atoms in total. The van der Waals surface area contributed by atoms with Crippen LogP contribution in [-0.4, -0.2) is 27.8 Å². The first kappa shape index (κ1) is 29.4. The molecular formula is C46H26N6OS. The minimum Gasteiger partial charge on any atom is -0.450 e. The second-order valence-corrected chi connectivity index (χ2v) is 14.1. The maximum absolute atomic E-state index is 6.66. The number of para-hydroxylation sites is 4. The molecule has 54 heavy (non-hydrogen) atoms. The van der Waals surface area contributed by atoms with Gasteiger partial charge in [-0.2, -0.15) is 8.75 Å². The van der Waals surface area contributed by atoms with Crippen molar-refractivity contribution in [3.8, 4) is 34.0 Å². The molecule has 0 unspecified atom stereocenters. The van der Waals surface area contributed by atoms with Gasteiger partial charge in [0.1, 0.15) is 22.1 Å². The van der Waals surface area contributed by atoms with Crippen LogP contribution in [0.5, 0.6) is 0 Å². The van der Waals surface area contributed by atoms with Gasteiger partial charge >= 0.3 is 0 Å². The van der Waals surface area contributed by atoms with E-state index in [0.29, 0.717) is 17.2 Å². The summed E-state index contributed by atoms with van der Waals surface area (Å²) in [4.78, 5) is 10.4. The van der Waals surface area contributed by atoms with Crippen molar-refractivity contribution in [3.63, 3.8) is 0 Å². The van der Waals surface area contributed by atoms with E-state index in [4.69, 9.17) is 23.1 Å². The van der Waals surface area contributed by atoms with Crippen LogP contribution < -0.4 is 0 Å². The van der Waals surface area contributed by atoms with Gasteiger partial charge in [0, 0.05) is 43.7 Å². The van der Waals surface area contributed by atoms with E-state index in [1.54, 1.807) is 0 Å². The Hall–Kier alpha value is -7.16. The lowest BCUT2D eigenvalue weighted by Gasteiger charge is -2.12. The molecule has 0 aliphatic carbocycles. The smallest absolute Gasteiger partial charge is 0.197 e. The Morgan fingerprint density at radius 1 is 0.463 bits per heavy atom. The van der Waals surface area contributed by atoms with Gasteiger partial charge in [0.2, 0.25) is 0 Å². The van der Waals surface area contributed by atoms with Crippen molar-refractivity contribution in [1.29, 1.82) is 0 Å². The Bertz CT molecular complexity index is 3450. The molecule has 0 fully saturated rings. The third kappa shape index (κ3) is 4.05. The molecule has 0 amide bonds. The third-order valence-electron chi connectivity index (χ3n) is 10.6. The van der Waals surface area contributed by atoms with Crippen molar-refractivity contribution in [3.05, 3.63) is 158 Å². The fraction of sp³-hybridized carbons (Fsp3) is 0. The minimum atomic E-state index is 0.629. The first-order valence-corrected chi connectivity index (χ1v) is 18.6. The van der Waals surface area contributed by atoms with Crippen LogP contribution in [0.2, 0.25) is 0 Å². The summed E-state index contributed by atoms with van der Waals surface area (Å²) in [7, 11) is 0. The van der Waals surface area contributed by atoms with E-state index in [2.05, 4.69) is 118 Å². The summed E-state index contributed by atoms with van der Waals surface area (Å²) in [5.74, 6) is 1.30. The minimum absolute atomic E-state index is 0.629. The maximum Gasteiger partial charge on any atom is 0.197 e. The van der Waals surface area contributed by atoms with Gasteiger partial charge in [0.15, 0.2) is 17.2 Å². The third-order valence-corrected chi connectivity index (χ3v) is 11.1. The molecule has 0 spiro atoms. The number of fused-ring (bicyclic) bond motifs is 11. The fourth-order valence-corrected chi connectivity index (χ4v) is 8.92. The summed E-state index contributed by atoms with van der Waals surface area (Å²) in [6.45, 7) is 0. The molecule has 0 atom stereocenters. The average molecular weight is 711 g/mol. The van der Waals surface area contributed by atoms with Crippen molar-refractivity contribution < 1.29 is 4.42 Å². The molecule has 12 aromatic rings. The van der Waals surface area contributed by atoms with E-state index >= 15 is 0 Å². The standard InChI is InChI=1S/C46H26N6OS/c1-3-14-27(15-4-1)45-47-42-32-20-9-12-25-38(32)53-44(42)46(48-45)52-35-23-11-8-19-31(35)40-37(52)26-33(41-43(40)50-54-49-41)29-21-13-24-36-39(29)30-18-7-10-22-34(30)51(36)28-16-5-2-6-17-28/h1-26H. The molecule has 0 bridgehead atoms. The van der Waals surface area contributed by atoms with Crippen LogP contribution >= 0.6 is 11.7 Å². The van der Waals surface area contributed by atoms with Gasteiger partial charge in [-0.25, -0.2) is 9.97 Å². The first-order valence-electron chi connectivity index (χ1n) is 17.8. The molecule has 0 radical (unpaired) electrons. The highest BCUT2D eigenvalue weighted by Gasteiger charge is 2.26. The van der Waals surface area contributed by atoms with Crippen LogP contribution in [0.3, 0.4) is 0 Å². The zero-order valence-electron chi connectivity index (χ0n) is 28.5. The highest BCUT2D eigenvalue weighted by Crippen LogP contribution is 2.45. The van der Waals surface area contributed by atoms with Crippen LogP contribution in [0.1, 0.15) is 0 Å². The summed E-state index contributed by atoms with van der Waals surface area (Å²) in [6, 6.07) is 54.7. The van der Waals surface area contributed by atoms with Gasteiger partial charge in [0.25, 0.3) is 0 Å². The Morgan fingerprint density at radius 2 is 1.11 bits per heavy atom. The Kier molecular flexibility index (Phi) is 6.09. The maximum atomic E-state index is 6.66. The second-order valence-electron chi connectivity index (χ2n) is 13.5. The Balaban J connectivity index is 1.24. The molecule has 252 valence electrons. The van der Waals surface area contributed by atoms with Crippen molar-refractivity contribution in [2.45, 2.75) is 0 Å². The van der Waals surface area contributed by atoms with Crippen molar-refractivity contribution >= 4 is 88.4 Å². The summed E-state index contributed by atoms with van der Waals surface area (Å²) < 4.78 is 21.2. The summed E-state index contributed by atoms with van der Waals surface area (Å²) in [5, 5.41) is 5.39. The predicted octanol–water partition coefficient (Wildman–Crippen LogP) is 11.9. The van der Waals surface area contributed by atoms with E-state index < -0.39 is 0 Å². The molecule has 0 N–H and O–H groups in total. The summed E-state index contributed by atoms with van der Waals surface area (Å²) >= 11 is 1.25. The van der Waals surface area contributed by atoms with Gasteiger partial charge in [-0.3, -0.25) is 4.57 Å². The number of furan rings is 1. The number of aromatic nitrogens is 6. The zero-order valence-corrected chi connectivity index (χ0v) is 29.3. The van der Waals surface area contributed by atoms with Crippen LogP contribution in [0, 0.1) is 0 Å². The molecule has 8 heteroatoms. The summed E-state index contributed by atoms with van der Waals surface area (Å²) in [6.07, 6.45) is 0. The molecule has 0 saturated heterocycles. The van der Waals surface area contributed by atoms with Crippen LogP contribution in [-0.2, 0) is 0 Å². The number of hydrogen-bond acceptors (Lipinski definition) is 6. The molecule has 12 rings (SSSR count). The fourth-order valence-electron chi connectivity index (χ4n) is 8.36. The lowest BCUT2D eigenvalue weighted by Crippen LogP contribution is -2.02. The van der Waals surface area contributed by atoms with Crippen molar-refractivity contribution in [2.75, 3.05) is 0 Å². The van der Waals surface area contributed by atoms with Gasteiger partial charge < -0.3 is 8.98 Å². The molecule has 5 aromatic heterocycles. The number of benzene rings is 7. The van der Waals surface area contributed by atoms with E-state index in [-0.39, 0.29) is 0 Å². The quantitative estimate of drug-likeness (QED) is 0.182. The van der Waals surface area contributed by atoms with Gasteiger partial charge in [-0.15, -0.1) is 0 Å². The van der Waals surface area contributed by atoms with Gasteiger partial charge in [-0.1, -0.05) is 109 Å². The number of hydrogen-bond donors (Lipinski definition) is 0. The number of nitrogens with zero attached hydrogens (tertiary/aromatic N) is 6. The van der Waals surface area contributed by atoms with Crippen molar-refractivity contribution in [1.82, 2.24) is 27.8 Å². The summed E-state index contributed by atoms with van der Waals surface area (Å²) in [5.41, 5.74) is 12.3. The molecular weight excluding hydrogens is 685 g/mol. The highest BCUT2D eigenvalue weighted by atomic mass is 32.1. The lowest BCUT2D eigenvalue weighted by atomic mass is 9.96. The van der Waals surface area contributed by atoms with Gasteiger partial charge in [0.05, 0.1) is 33.8 Å². The molecule has 7 aromatic carbocycles. The van der Waals surface area contributed by atoms with Crippen LogP contribution in [0.15, 0.2) is 162 Å². The normalized spacial score (nSPS) is 12.1. The second kappa shape index (κ2) is 11.2. The van der Waals surface area contributed by atoms with Gasteiger partial charge in [-0.05, 0) is 54.1 Å². The topological polar surface area (TPSA) is 74.6 Å². The molecule has 0 aliphatic heterocycles. The lowest BCUT2D eigenvalue weighted by molar-refractivity contribution is 0.662. The van der Waals surface area contributed by atoms with E-state index in [1.807, 2.05) is 48.5 Å². The van der Waals surface area contributed by atoms with E-state index in [0.717, 1.165) is 82.7 Å². The number of rotatable bonds is 4. The van der Waals surface area contributed by atoms with E-state index in [9.17, 15) is 0 Å². The Morgan fingerprint density at radius 3 is 1.93 bits per heavy atom. The Labute approximate surface area is 311 Å².